The Kier molecular flexibility index (Phi) is 4.37. The predicted octanol–water partition coefficient (Wildman–Crippen LogP) is 3.45. The molecule has 19 heavy (non-hydrogen) atoms. The largest absolute Gasteiger partial charge is 0.464 e. The van der Waals surface area contributed by atoms with E-state index in [-0.39, 0.29) is 0 Å². The van der Waals surface area contributed by atoms with Crippen molar-refractivity contribution < 1.29 is 9.21 Å². The number of furan rings is 1. The summed E-state index contributed by atoms with van der Waals surface area (Å²) in [7, 11) is 1.96. The molecule has 2 aromatic rings. The van der Waals surface area contributed by atoms with Crippen molar-refractivity contribution in [3.8, 4) is 0 Å². The van der Waals surface area contributed by atoms with Gasteiger partial charge in [0.05, 0.1) is 17.1 Å². The maximum absolute atomic E-state index is 11.0. The zero-order chi connectivity index (χ0) is 13.8. The Balaban J connectivity index is 2.14. The lowest BCUT2D eigenvalue weighted by Gasteiger charge is -2.13. The zero-order valence-corrected chi connectivity index (χ0v) is 12.3. The fourth-order valence-electron chi connectivity index (χ4n) is 1.89. The van der Waals surface area contributed by atoms with Crippen LogP contribution in [-0.2, 0) is 13.0 Å². The summed E-state index contributed by atoms with van der Waals surface area (Å²) in [6, 6.07) is 3.91. The number of thiazole rings is 1. The van der Waals surface area contributed by atoms with Gasteiger partial charge in [-0.2, -0.15) is 0 Å². The summed E-state index contributed by atoms with van der Waals surface area (Å²) in [6.07, 6.45) is 2.74. The third-order valence-electron chi connectivity index (χ3n) is 2.83. The monoisotopic (exact) mass is 278 g/mol. The lowest BCUT2D eigenvalue weighted by molar-refractivity contribution is 0.112. The molecule has 0 bridgehead atoms. The number of aldehydes is 1. The molecule has 0 fully saturated rings. The molecule has 0 unspecified atom stereocenters. The van der Waals surface area contributed by atoms with E-state index in [1.165, 1.54) is 11.3 Å². The molecule has 0 saturated heterocycles. The molecule has 2 heterocycles. The second-order valence-electron chi connectivity index (χ2n) is 4.54. The molecule has 0 aliphatic rings. The van der Waals surface area contributed by atoms with Crippen LogP contribution in [0.4, 0.5) is 5.13 Å². The van der Waals surface area contributed by atoms with Crippen molar-refractivity contribution in [2.75, 3.05) is 11.9 Å². The van der Waals surface area contributed by atoms with Gasteiger partial charge in [-0.3, -0.25) is 4.79 Å². The fraction of sp³-hybridized carbons (Fsp3) is 0.429. The summed E-state index contributed by atoms with van der Waals surface area (Å²) in [6.45, 7) is 4.67. The van der Waals surface area contributed by atoms with E-state index in [9.17, 15) is 4.79 Å². The number of carbonyl (C=O) groups excluding carboxylic acids is 1. The van der Waals surface area contributed by atoms with Crippen LogP contribution in [0.5, 0.6) is 0 Å². The second-order valence-corrected chi connectivity index (χ2v) is 5.55. The third kappa shape index (κ3) is 3.23. The van der Waals surface area contributed by atoms with Crippen molar-refractivity contribution in [3.05, 3.63) is 34.2 Å². The summed E-state index contributed by atoms with van der Waals surface area (Å²) < 4.78 is 5.55. The topological polar surface area (TPSA) is 46.3 Å². The molecule has 0 saturated carbocycles. The molecule has 4 nitrogen and oxygen atoms in total. The van der Waals surface area contributed by atoms with Crippen LogP contribution in [0.2, 0.25) is 0 Å². The number of aryl methyl sites for hydroxylation is 2. The van der Waals surface area contributed by atoms with Crippen LogP contribution >= 0.6 is 11.3 Å². The van der Waals surface area contributed by atoms with Crippen molar-refractivity contribution >= 4 is 22.8 Å². The van der Waals surface area contributed by atoms with Gasteiger partial charge in [0.25, 0.3) is 0 Å². The van der Waals surface area contributed by atoms with E-state index in [1.54, 1.807) is 0 Å². The minimum atomic E-state index is 0.658. The van der Waals surface area contributed by atoms with E-state index in [0.29, 0.717) is 6.54 Å². The van der Waals surface area contributed by atoms with Gasteiger partial charge in [0.15, 0.2) is 11.4 Å². The Morgan fingerprint density at radius 2 is 2.26 bits per heavy atom. The highest BCUT2D eigenvalue weighted by molar-refractivity contribution is 7.17. The molecule has 102 valence electrons. The molecule has 0 aromatic carbocycles. The van der Waals surface area contributed by atoms with Gasteiger partial charge < -0.3 is 9.32 Å². The average Bonchev–Trinajstić information content (AvgIpc) is 2.96. The molecule has 0 aliphatic heterocycles. The highest BCUT2D eigenvalue weighted by atomic mass is 32.1. The Labute approximate surface area is 117 Å². The molecule has 5 heteroatoms. The van der Waals surface area contributed by atoms with Crippen LogP contribution < -0.4 is 4.90 Å². The molecular weight excluding hydrogens is 260 g/mol. The first-order valence-corrected chi connectivity index (χ1v) is 7.17. The standard InChI is InChI=1S/C14H18N2O2S/c1-4-5-12-13(9-17)19-14(15-12)16(3)8-11-7-6-10(2)18-11/h6-7,9H,4-5,8H2,1-3H3. The summed E-state index contributed by atoms with van der Waals surface area (Å²) in [5.41, 5.74) is 0.903. The van der Waals surface area contributed by atoms with Crippen molar-refractivity contribution in [2.24, 2.45) is 0 Å². The number of rotatable bonds is 6. The van der Waals surface area contributed by atoms with Crippen LogP contribution in [0.3, 0.4) is 0 Å². The number of carbonyl (C=O) groups is 1. The van der Waals surface area contributed by atoms with E-state index in [4.69, 9.17) is 4.42 Å². The Morgan fingerprint density at radius 1 is 1.47 bits per heavy atom. The Bertz CT molecular complexity index is 560. The van der Waals surface area contributed by atoms with Gasteiger partial charge in [0, 0.05) is 7.05 Å². The van der Waals surface area contributed by atoms with Crippen LogP contribution in [0.25, 0.3) is 0 Å². The van der Waals surface area contributed by atoms with Crippen LogP contribution in [0, 0.1) is 6.92 Å². The summed E-state index contributed by atoms with van der Waals surface area (Å²) in [5, 5.41) is 0.861. The molecule has 0 radical (unpaired) electrons. The van der Waals surface area contributed by atoms with Crippen molar-refractivity contribution in [2.45, 2.75) is 33.2 Å². The summed E-state index contributed by atoms with van der Waals surface area (Å²) in [5.74, 6) is 1.81. The minimum Gasteiger partial charge on any atom is -0.464 e. The molecule has 0 aliphatic carbocycles. The number of aromatic nitrogens is 1. The number of hydrogen-bond acceptors (Lipinski definition) is 5. The van der Waals surface area contributed by atoms with E-state index >= 15 is 0 Å². The smallest absolute Gasteiger partial charge is 0.186 e. The number of hydrogen-bond donors (Lipinski definition) is 0. The van der Waals surface area contributed by atoms with E-state index in [0.717, 1.165) is 46.4 Å². The minimum absolute atomic E-state index is 0.658. The summed E-state index contributed by atoms with van der Waals surface area (Å²) >= 11 is 1.44. The lowest BCUT2D eigenvalue weighted by Crippen LogP contribution is -2.15. The van der Waals surface area contributed by atoms with Gasteiger partial charge in [-0.25, -0.2) is 4.98 Å². The van der Waals surface area contributed by atoms with Gasteiger partial charge in [0.1, 0.15) is 11.5 Å². The SMILES string of the molecule is CCCc1nc(N(C)Cc2ccc(C)o2)sc1C=O. The predicted molar refractivity (Wildman–Crippen MR) is 77.0 cm³/mol. The van der Waals surface area contributed by atoms with Gasteiger partial charge in [-0.1, -0.05) is 24.7 Å². The van der Waals surface area contributed by atoms with Crippen molar-refractivity contribution in [1.82, 2.24) is 4.98 Å². The average molecular weight is 278 g/mol. The maximum atomic E-state index is 11.0. The molecule has 0 atom stereocenters. The van der Waals surface area contributed by atoms with Crippen LogP contribution in [-0.4, -0.2) is 18.3 Å². The second kappa shape index (κ2) is 6.02. The molecule has 2 aromatic heterocycles. The molecular formula is C14H18N2O2S. The van der Waals surface area contributed by atoms with Gasteiger partial charge in [-0.05, 0) is 25.5 Å². The highest BCUT2D eigenvalue weighted by Crippen LogP contribution is 2.26. The van der Waals surface area contributed by atoms with E-state index in [1.807, 2.05) is 31.0 Å². The van der Waals surface area contributed by atoms with E-state index < -0.39 is 0 Å². The van der Waals surface area contributed by atoms with Crippen LogP contribution in [0.15, 0.2) is 16.5 Å². The zero-order valence-electron chi connectivity index (χ0n) is 11.5. The molecule has 0 N–H and O–H groups in total. The van der Waals surface area contributed by atoms with Crippen molar-refractivity contribution in [1.29, 1.82) is 0 Å². The molecule has 2 rings (SSSR count). The quantitative estimate of drug-likeness (QED) is 0.759. The Morgan fingerprint density at radius 3 is 2.84 bits per heavy atom. The van der Waals surface area contributed by atoms with Gasteiger partial charge in [0.2, 0.25) is 0 Å². The highest BCUT2D eigenvalue weighted by Gasteiger charge is 2.14. The third-order valence-corrected chi connectivity index (χ3v) is 3.96. The number of anilines is 1. The first-order chi connectivity index (χ1) is 9.13. The van der Waals surface area contributed by atoms with Crippen LogP contribution in [0.1, 0.15) is 40.2 Å². The first-order valence-electron chi connectivity index (χ1n) is 6.35. The van der Waals surface area contributed by atoms with Gasteiger partial charge in [-0.15, -0.1) is 0 Å². The Hall–Kier alpha value is -1.62. The maximum Gasteiger partial charge on any atom is 0.186 e. The fourth-order valence-corrected chi connectivity index (χ4v) is 2.78. The van der Waals surface area contributed by atoms with E-state index in [2.05, 4.69) is 11.9 Å². The summed E-state index contributed by atoms with van der Waals surface area (Å²) in [4.78, 5) is 18.3. The molecule has 0 spiro atoms. The number of nitrogens with zero attached hydrogens (tertiary/aromatic N) is 2. The van der Waals surface area contributed by atoms with Gasteiger partial charge >= 0.3 is 0 Å². The first kappa shape index (κ1) is 13.8. The lowest BCUT2D eigenvalue weighted by atomic mass is 10.2. The molecule has 0 amide bonds. The van der Waals surface area contributed by atoms with Crippen molar-refractivity contribution in [3.63, 3.8) is 0 Å². The normalized spacial score (nSPS) is 10.7.